The first-order valence-corrected chi connectivity index (χ1v) is 54.8. The van der Waals surface area contributed by atoms with Crippen molar-refractivity contribution < 1.29 is 30.6 Å². The molecule has 0 aliphatic heterocycles. The quantitative estimate of drug-likeness (QED) is 0.0491. The van der Waals surface area contributed by atoms with Gasteiger partial charge in [0.15, 0.2) is 0 Å². The van der Waals surface area contributed by atoms with E-state index in [9.17, 15) is 30.6 Å². The van der Waals surface area contributed by atoms with Crippen LogP contribution in [0, 0.1) is 0 Å². The van der Waals surface area contributed by atoms with Gasteiger partial charge < -0.3 is 30.6 Å². The van der Waals surface area contributed by atoms with Gasteiger partial charge in [-0.2, -0.15) is 70.6 Å². The third-order valence-electron chi connectivity index (χ3n) is 26.3. The molecule has 3 unspecified atom stereocenters. The second-order valence-electron chi connectivity index (χ2n) is 50.3. The van der Waals surface area contributed by atoms with Crippen LogP contribution in [0.25, 0.3) is 0 Å². The third kappa shape index (κ3) is 31.4. The molecule has 0 heterocycles. The van der Waals surface area contributed by atoms with Gasteiger partial charge in [0, 0.05) is 99.4 Å². The number of phenolic OH excluding ortho intramolecular Hbond substituents is 6. The van der Waals surface area contributed by atoms with Crippen molar-refractivity contribution in [1.82, 2.24) is 0 Å². The Morgan fingerprint density at radius 3 is 0.381 bits per heavy atom. The molecule has 0 bridgehead atoms. The minimum atomic E-state index is -0.112. The van der Waals surface area contributed by atoms with Gasteiger partial charge in [0.05, 0.1) is 0 Å². The lowest BCUT2D eigenvalue weighted by Crippen LogP contribution is -2.23. The average molecular weight is 1840 g/mol. The summed E-state index contributed by atoms with van der Waals surface area (Å²) < 4.78 is 0. The molecule has 126 heavy (non-hydrogen) atoms. The molecule has 3 saturated carbocycles. The second kappa shape index (κ2) is 43.7. The Kier molecular flexibility index (Phi) is 37.9. The highest BCUT2D eigenvalue weighted by molar-refractivity contribution is 8.04. The Balaban J connectivity index is 0.000000259. The van der Waals surface area contributed by atoms with E-state index in [1.54, 1.807) is 0 Å². The molecule has 0 spiro atoms. The summed E-state index contributed by atoms with van der Waals surface area (Å²) in [5.74, 6) is 7.90. The van der Waals surface area contributed by atoms with Gasteiger partial charge in [0.25, 0.3) is 0 Å². The van der Waals surface area contributed by atoms with Crippen molar-refractivity contribution in [2.75, 3.05) is 0 Å². The van der Waals surface area contributed by atoms with Gasteiger partial charge in [-0.05, 0) is 170 Å². The molecule has 3 fully saturated rings. The summed E-state index contributed by atoms with van der Waals surface area (Å²) in [5.41, 5.74) is 20.1. The molecule has 6 N–H and O–H groups in total. The molecule has 6 aromatic rings. The summed E-state index contributed by atoms with van der Waals surface area (Å²) >= 11 is 12.3. The molecule has 6 atom stereocenters. The fourth-order valence-electron chi connectivity index (χ4n) is 17.4. The number of hydrogen-bond donors (Lipinski definition) is 6. The Labute approximate surface area is 798 Å². The summed E-state index contributed by atoms with van der Waals surface area (Å²) in [6.07, 6.45) is 22.8. The van der Waals surface area contributed by atoms with Gasteiger partial charge in [0.1, 0.15) is 34.5 Å². The molecule has 0 saturated heterocycles. The lowest BCUT2D eigenvalue weighted by atomic mass is 9.79. The summed E-state index contributed by atoms with van der Waals surface area (Å²) in [4.78, 5) is 0. The van der Waals surface area contributed by atoms with Gasteiger partial charge in [0.2, 0.25) is 0 Å². The predicted molar refractivity (Wildman–Crippen MR) is 567 cm³/mol. The number of rotatable bonds is 18. The number of phenols is 6. The van der Waals surface area contributed by atoms with Crippen LogP contribution in [-0.2, 0) is 99.5 Å². The maximum Gasteiger partial charge on any atom is 0.123 e. The SMILES string of the molecule is CC(C)(C)c1cc(CSC2CCCCCC[C@@H]2SCc2cc(C(C)(C)C)cc(C(C)(C)C)c2O)c(O)c(C(C)(C)C)c1.CC(C)(C)c1cc(CSC2CCCCCC[C@@H]2SCc2cc(C(C)(C)C)cc(C(C)(C)C)c2O)c(O)c(C(C)(C)C)c1.CC(C)(C)c1cc(CSC2CCCCCC[C@@H]2SCc2cc(C(C)(C)C)cc(C(C)(C)C)c2O)c(O)c(C(C)(C)C)c1. The first-order valence-electron chi connectivity index (χ1n) is 48.5. The van der Waals surface area contributed by atoms with Gasteiger partial charge in [-0.1, -0.05) is 399 Å². The molecule has 0 aromatic heterocycles. The summed E-state index contributed by atoms with van der Waals surface area (Å²) in [6, 6.07) is 26.9. The van der Waals surface area contributed by atoms with Gasteiger partial charge in [-0.15, -0.1) is 0 Å². The summed E-state index contributed by atoms with van der Waals surface area (Å²) in [7, 11) is 0. The van der Waals surface area contributed by atoms with Crippen LogP contribution in [0.4, 0.5) is 0 Å². The van der Waals surface area contributed by atoms with Gasteiger partial charge in [-0.25, -0.2) is 0 Å². The standard InChI is InChI=1S/3C38H60O2S2/c3*1-35(2,3)27-19-25(33(39)29(21-27)37(7,8)9)23-41-31-17-15-13-14-16-18-32(31)42-24-26-20-28(36(4,5)6)22-30(34(26)40)38(10,11)12/h3*19-22,31-32,39-40H,13-18,23-24H2,1-12H3/t3*31-,32?/m000/s1. The molecule has 9 rings (SSSR count). The fourth-order valence-corrected chi connectivity index (χ4v) is 26.6. The van der Waals surface area contributed by atoms with E-state index in [1.165, 1.54) is 149 Å². The van der Waals surface area contributed by atoms with Crippen LogP contribution in [-0.4, -0.2) is 62.1 Å². The Bertz CT molecular complexity index is 3770. The van der Waals surface area contributed by atoms with Crippen molar-refractivity contribution >= 4 is 70.6 Å². The highest BCUT2D eigenvalue weighted by atomic mass is 32.2. The summed E-state index contributed by atoms with van der Waals surface area (Å²) in [5, 5.41) is 71.8. The molecule has 6 aromatic carbocycles. The van der Waals surface area contributed by atoms with Gasteiger partial charge >= 0.3 is 0 Å². The van der Waals surface area contributed by atoms with E-state index in [0.717, 1.165) is 101 Å². The first-order chi connectivity index (χ1) is 57.6. The fraction of sp³-hybridized carbons (Fsp3) is 0.684. The lowest BCUT2D eigenvalue weighted by Gasteiger charge is -2.31. The number of thioether (sulfide) groups is 6. The first kappa shape index (κ1) is 109. The van der Waals surface area contributed by atoms with Crippen molar-refractivity contribution in [3.63, 3.8) is 0 Å². The zero-order valence-electron chi connectivity index (χ0n) is 86.5. The maximum atomic E-state index is 11.4. The molecule has 6 nitrogen and oxygen atoms in total. The van der Waals surface area contributed by atoms with E-state index in [1.807, 2.05) is 70.6 Å². The van der Waals surface area contributed by atoms with E-state index in [4.69, 9.17) is 0 Å². The molecule has 0 radical (unpaired) electrons. The van der Waals surface area contributed by atoms with E-state index < -0.39 is 0 Å². The van der Waals surface area contributed by atoms with Crippen LogP contribution >= 0.6 is 70.6 Å². The molecular weight excluding hydrogens is 1660 g/mol. The maximum absolute atomic E-state index is 11.4. The molecule has 3 aliphatic rings. The molecular formula is C114H180O6S6. The van der Waals surface area contributed by atoms with E-state index >= 15 is 0 Å². The van der Waals surface area contributed by atoms with Crippen molar-refractivity contribution in [3.05, 3.63) is 173 Å². The van der Waals surface area contributed by atoms with Crippen molar-refractivity contribution in [3.8, 4) is 34.5 Å². The minimum absolute atomic E-state index is 0.0290. The van der Waals surface area contributed by atoms with Crippen molar-refractivity contribution in [2.24, 2.45) is 0 Å². The van der Waals surface area contributed by atoms with Crippen LogP contribution in [0.1, 0.15) is 465 Å². The third-order valence-corrected chi connectivity index (χ3v) is 35.7. The van der Waals surface area contributed by atoms with E-state index in [2.05, 4.69) is 322 Å². The Morgan fingerprint density at radius 1 is 0.175 bits per heavy atom. The topological polar surface area (TPSA) is 121 Å². The molecule has 12 heteroatoms. The van der Waals surface area contributed by atoms with Crippen LogP contribution in [0.2, 0.25) is 0 Å². The zero-order chi connectivity index (χ0) is 95.0. The second-order valence-corrected chi connectivity index (χ2v) is 57.6. The number of hydrogen-bond acceptors (Lipinski definition) is 12. The predicted octanol–water partition coefficient (Wildman–Crippen LogP) is 34.6. The van der Waals surface area contributed by atoms with Crippen LogP contribution in [0.5, 0.6) is 34.5 Å². The van der Waals surface area contributed by atoms with Crippen LogP contribution < -0.4 is 0 Å². The zero-order valence-corrected chi connectivity index (χ0v) is 91.4. The smallest absolute Gasteiger partial charge is 0.123 e. The largest absolute Gasteiger partial charge is 0.507 e. The van der Waals surface area contributed by atoms with Crippen LogP contribution in [0.3, 0.4) is 0 Å². The molecule has 3 aliphatic carbocycles. The van der Waals surface area contributed by atoms with Crippen molar-refractivity contribution in [1.29, 1.82) is 0 Å². The highest BCUT2D eigenvalue weighted by Crippen LogP contribution is 2.51. The van der Waals surface area contributed by atoms with Gasteiger partial charge in [-0.3, -0.25) is 0 Å². The van der Waals surface area contributed by atoms with E-state index in [0.29, 0.717) is 66.0 Å². The number of benzene rings is 6. The Morgan fingerprint density at radius 2 is 0.286 bits per heavy atom. The summed E-state index contributed by atoms with van der Waals surface area (Å²) in [6.45, 7) is 80.3. The lowest BCUT2D eigenvalue weighted by molar-refractivity contribution is 0.439. The number of aromatic hydroxyl groups is 6. The Hall–Kier alpha value is -3.78. The minimum Gasteiger partial charge on any atom is -0.507 e. The molecule has 0 amide bonds. The monoisotopic (exact) mass is 1840 g/mol. The van der Waals surface area contributed by atoms with Crippen molar-refractivity contribution in [2.45, 2.75) is 496 Å². The molecule has 708 valence electrons. The normalized spacial score (nSPS) is 19.4. The van der Waals surface area contributed by atoms with Crippen LogP contribution in [0.15, 0.2) is 72.8 Å². The van der Waals surface area contributed by atoms with E-state index in [-0.39, 0.29) is 65.0 Å². The average Bonchev–Trinajstić information content (AvgIpc) is 0.822. The highest BCUT2D eigenvalue weighted by Gasteiger charge is 2.37.